The Morgan fingerprint density at radius 1 is 1.69 bits per heavy atom. The number of nitrogens with zero attached hydrogens (tertiary/aromatic N) is 1. The lowest BCUT2D eigenvalue weighted by Gasteiger charge is -2.24. The van der Waals surface area contributed by atoms with E-state index >= 15 is 0 Å². The maximum absolute atomic E-state index is 11.7. The number of likely N-dealkylation sites (tertiary alicyclic amines) is 1. The Bertz CT molecular complexity index is 327. The van der Waals surface area contributed by atoms with Gasteiger partial charge in [-0.2, -0.15) is 0 Å². The lowest BCUT2D eigenvalue weighted by molar-refractivity contribution is -0.136. The fraction of sp³-hybridized carbons (Fsp3) is 0.600. The fourth-order valence-electron chi connectivity index (χ4n) is 1.93. The molecule has 1 aliphatic heterocycles. The van der Waals surface area contributed by atoms with Crippen LogP contribution in [-0.4, -0.2) is 29.3 Å². The Kier molecular flexibility index (Phi) is 4.98. The Morgan fingerprint density at radius 2 is 2.31 bits per heavy atom. The molecule has 0 aliphatic carbocycles. The summed E-state index contributed by atoms with van der Waals surface area (Å²) in [4.78, 5) is 24.5. The molecule has 1 fully saturated rings. The lowest BCUT2D eigenvalue weighted by Crippen LogP contribution is -2.45. The second-order valence-corrected chi connectivity index (χ2v) is 6.57. The second-order valence-electron chi connectivity index (χ2n) is 3.79. The van der Waals surface area contributed by atoms with Gasteiger partial charge in [-0.15, -0.1) is 0 Å². The number of hydrogen-bond acceptors (Lipinski definition) is 2. The molecule has 2 N–H and O–H groups in total. The number of carbonyl (C=O) groups is 2. The predicted molar refractivity (Wildman–Crippen MR) is 69.0 cm³/mol. The molecule has 1 saturated heterocycles. The zero-order chi connectivity index (χ0) is 12.3. The smallest absolute Gasteiger partial charge is 0.240 e. The first-order valence-corrected chi connectivity index (χ1v) is 6.66. The maximum Gasteiger partial charge on any atom is 0.240 e. The number of carbonyl (C=O) groups excluding carboxylic acids is 2. The van der Waals surface area contributed by atoms with E-state index in [9.17, 15) is 9.59 Å². The molecule has 16 heavy (non-hydrogen) atoms. The number of primary amides is 1. The largest absolute Gasteiger partial charge is 0.368 e. The molecule has 4 nitrogen and oxygen atoms in total. The fourth-order valence-corrected chi connectivity index (χ4v) is 2.67. The van der Waals surface area contributed by atoms with Crippen molar-refractivity contribution in [2.75, 3.05) is 6.54 Å². The Labute approximate surface area is 111 Å². The summed E-state index contributed by atoms with van der Waals surface area (Å²) in [7, 11) is 0. The van der Waals surface area contributed by atoms with Crippen molar-refractivity contribution in [1.82, 2.24) is 4.90 Å². The highest BCUT2D eigenvalue weighted by Crippen LogP contribution is 2.26. The molecule has 0 aromatic carbocycles. The number of rotatable bonds is 4. The molecule has 0 saturated carbocycles. The SMILES string of the molecule is CC[C@H](C(N)=O)N1C[C@@H](C=C(Br)Br)CC1=O. The third-order valence-corrected chi connectivity index (χ3v) is 3.17. The van der Waals surface area contributed by atoms with Crippen LogP contribution in [0.25, 0.3) is 0 Å². The molecule has 0 spiro atoms. The van der Waals surface area contributed by atoms with Gasteiger partial charge in [-0.3, -0.25) is 9.59 Å². The van der Waals surface area contributed by atoms with E-state index in [0.717, 1.165) is 3.39 Å². The Morgan fingerprint density at radius 3 is 2.75 bits per heavy atom. The van der Waals surface area contributed by atoms with Gasteiger partial charge in [0.2, 0.25) is 11.8 Å². The van der Waals surface area contributed by atoms with Gasteiger partial charge in [-0.25, -0.2) is 0 Å². The molecule has 2 amide bonds. The van der Waals surface area contributed by atoms with Crippen LogP contribution in [0.4, 0.5) is 0 Å². The van der Waals surface area contributed by atoms with Crippen molar-refractivity contribution < 1.29 is 9.59 Å². The molecule has 90 valence electrons. The molecule has 1 heterocycles. The third-order valence-electron chi connectivity index (χ3n) is 2.64. The second kappa shape index (κ2) is 5.82. The van der Waals surface area contributed by atoms with E-state index in [0.29, 0.717) is 19.4 Å². The summed E-state index contributed by atoms with van der Waals surface area (Å²) < 4.78 is 0.826. The van der Waals surface area contributed by atoms with Gasteiger partial charge in [0.1, 0.15) is 6.04 Å². The van der Waals surface area contributed by atoms with Gasteiger partial charge in [0, 0.05) is 18.9 Å². The van der Waals surface area contributed by atoms with Gasteiger partial charge in [-0.05, 0) is 38.3 Å². The minimum absolute atomic E-state index is 0.00634. The Hall–Kier alpha value is -0.360. The molecule has 0 aromatic rings. The topological polar surface area (TPSA) is 63.4 Å². The van der Waals surface area contributed by atoms with Crippen LogP contribution in [-0.2, 0) is 9.59 Å². The third kappa shape index (κ3) is 3.31. The molecular weight excluding hydrogens is 340 g/mol. The predicted octanol–water partition coefficient (Wildman–Crippen LogP) is 1.73. The van der Waals surface area contributed by atoms with Crippen molar-refractivity contribution in [3.05, 3.63) is 9.47 Å². The molecule has 0 aromatic heterocycles. The van der Waals surface area contributed by atoms with Gasteiger partial charge >= 0.3 is 0 Å². The summed E-state index contributed by atoms with van der Waals surface area (Å²) in [6.07, 6.45) is 2.92. The maximum atomic E-state index is 11.7. The molecule has 2 atom stereocenters. The van der Waals surface area contributed by atoms with E-state index in [1.807, 2.05) is 13.0 Å². The normalized spacial score (nSPS) is 22.1. The Balaban J connectivity index is 2.74. The number of halogens is 2. The summed E-state index contributed by atoms with van der Waals surface area (Å²) in [5, 5.41) is 0. The quantitative estimate of drug-likeness (QED) is 0.836. The highest BCUT2D eigenvalue weighted by molar-refractivity contribution is 9.28. The van der Waals surface area contributed by atoms with Crippen LogP contribution in [0, 0.1) is 5.92 Å². The van der Waals surface area contributed by atoms with E-state index in [1.165, 1.54) is 0 Å². The summed E-state index contributed by atoms with van der Waals surface area (Å²) in [5.74, 6) is -0.304. The first-order valence-electron chi connectivity index (χ1n) is 5.07. The summed E-state index contributed by atoms with van der Waals surface area (Å²) in [5.41, 5.74) is 5.27. The highest BCUT2D eigenvalue weighted by Gasteiger charge is 2.34. The molecule has 0 bridgehead atoms. The zero-order valence-corrected chi connectivity index (χ0v) is 12.1. The molecule has 0 radical (unpaired) electrons. The van der Waals surface area contributed by atoms with Crippen LogP contribution in [0.2, 0.25) is 0 Å². The van der Waals surface area contributed by atoms with Crippen molar-refractivity contribution in [1.29, 1.82) is 0 Å². The van der Waals surface area contributed by atoms with Crippen LogP contribution in [0.3, 0.4) is 0 Å². The van der Waals surface area contributed by atoms with E-state index in [1.54, 1.807) is 4.90 Å². The monoisotopic (exact) mass is 352 g/mol. The summed E-state index contributed by atoms with van der Waals surface area (Å²) in [6, 6.07) is -0.472. The summed E-state index contributed by atoms with van der Waals surface area (Å²) in [6.45, 7) is 2.41. The first-order chi connectivity index (χ1) is 7.45. The molecule has 1 rings (SSSR count). The van der Waals surface area contributed by atoms with E-state index < -0.39 is 11.9 Å². The van der Waals surface area contributed by atoms with Crippen LogP contribution >= 0.6 is 31.9 Å². The molecule has 1 aliphatic rings. The van der Waals surface area contributed by atoms with Gasteiger partial charge < -0.3 is 10.6 Å². The average molecular weight is 354 g/mol. The minimum atomic E-state index is -0.472. The minimum Gasteiger partial charge on any atom is -0.368 e. The van der Waals surface area contributed by atoms with Gasteiger partial charge in [0.25, 0.3) is 0 Å². The van der Waals surface area contributed by atoms with Crippen molar-refractivity contribution in [3.63, 3.8) is 0 Å². The van der Waals surface area contributed by atoms with Crippen LogP contribution in [0.5, 0.6) is 0 Å². The highest BCUT2D eigenvalue weighted by atomic mass is 79.9. The van der Waals surface area contributed by atoms with E-state index in [2.05, 4.69) is 31.9 Å². The first kappa shape index (κ1) is 13.7. The van der Waals surface area contributed by atoms with Gasteiger partial charge in [0.05, 0.1) is 3.39 Å². The summed E-state index contributed by atoms with van der Waals surface area (Å²) >= 11 is 6.53. The number of nitrogens with two attached hydrogens (primary N) is 1. The van der Waals surface area contributed by atoms with Crippen molar-refractivity contribution in [2.24, 2.45) is 11.7 Å². The van der Waals surface area contributed by atoms with E-state index in [4.69, 9.17) is 5.73 Å². The molecular formula is C10H14Br2N2O2. The van der Waals surface area contributed by atoms with Crippen LogP contribution in [0.1, 0.15) is 19.8 Å². The van der Waals surface area contributed by atoms with Crippen molar-refractivity contribution >= 4 is 43.7 Å². The van der Waals surface area contributed by atoms with Gasteiger partial charge in [-0.1, -0.05) is 13.0 Å². The van der Waals surface area contributed by atoms with Crippen molar-refractivity contribution in [3.8, 4) is 0 Å². The van der Waals surface area contributed by atoms with Crippen LogP contribution < -0.4 is 5.73 Å². The van der Waals surface area contributed by atoms with E-state index in [-0.39, 0.29) is 11.8 Å². The number of hydrogen-bond donors (Lipinski definition) is 1. The lowest BCUT2D eigenvalue weighted by atomic mass is 10.1. The van der Waals surface area contributed by atoms with Crippen molar-refractivity contribution in [2.45, 2.75) is 25.8 Å². The van der Waals surface area contributed by atoms with Gasteiger partial charge in [0.15, 0.2) is 0 Å². The average Bonchev–Trinajstić information content (AvgIpc) is 2.46. The van der Waals surface area contributed by atoms with Crippen LogP contribution in [0.15, 0.2) is 9.47 Å². The zero-order valence-electron chi connectivity index (χ0n) is 8.95. The molecule has 6 heteroatoms. The number of amides is 2. The standard InChI is InChI=1S/C10H14Br2N2O2/c1-2-7(10(13)16)14-5-6(3-8(11)12)4-9(14)15/h3,6-7H,2,4-5H2,1H3,(H2,13,16)/t6-,7+/m0/s1. The molecule has 0 unspecified atom stereocenters.